The van der Waals surface area contributed by atoms with Crippen molar-refractivity contribution in [3.05, 3.63) is 18.0 Å². The second kappa shape index (κ2) is 6.44. The van der Waals surface area contributed by atoms with E-state index in [0.717, 1.165) is 22.4 Å². The lowest BCUT2D eigenvalue weighted by molar-refractivity contribution is 0.0526. The first-order chi connectivity index (χ1) is 10.7. The lowest BCUT2D eigenvalue weighted by Gasteiger charge is -2.21. The quantitative estimate of drug-likeness (QED) is 0.905. The van der Waals surface area contributed by atoms with Gasteiger partial charge in [-0.1, -0.05) is 0 Å². The largest absolute Gasteiger partial charge is 0.444 e. The van der Waals surface area contributed by atoms with Crippen molar-refractivity contribution in [3.8, 4) is 0 Å². The molecule has 2 aromatic rings. The van der Waals surface area contributed by atoms with E-state index in [0.29, 0.717) is 6.54 Å². The fourth-order valence-corrected chi connectivity index (χ4v) is 2.27. The zero-order valence-corrected chi connectivity index (χ0v) is 14.6. The number of pyridine rings is 1. The Labute approximate surface area is 136 Å². The first kappa shape index (κ1) is 17.1. The number of carbonyl (C=O) groups is 1. The Morgan fingerprint density at radius 1 is 1.43 bits per heavy atom. The summed E-state index contributed by atoms with van der Waals surface area (Å²) in [6.45, 7) is 9.92. The average Bonchev–Trinajstić information content (AvgIpc) is 2.70. The van der Waals surface area contributed by atoms with Crippen molar-refractivity contribution in [2.45, 2.75) is 46.3 Å². The molecule has 0 spiro atoms. The van der Waals surface area contributed by atoms with Gasteiger partial charge in [0, 0.05) is 25.0 Å². The van der Waals surface area contributed by atoms with E-state index >= 15 is 0 Å². The molecule has 0 radical (unpaired) electrons. The van der Waals surface area contributed by atoms with E-state index in [-0.39, 0.29) is 6.04 Å². The van der Waals surface area contributed by atoms with Gasteiger partial charge in [-0.2, -0.15) is 5.10 Å². The molecule has 0 aromatic carbocycles. The van der Waals surface area contributed by atoms with Crippen molar-refractivity contribution in [1.82, 2.24) is 20.1 Å². The summed E-state index contributed by atoms with van der Waals surface area (Å²) in [6.07, 6.45) is 1.36. The summed E-state index contributed by atoms with van der Waals surface area (Å²) < 4.78 is 6.98. The van der Waals surface area contributed by atoms with Crippen LogP contribution in [0.2, 0.25) is 0 Å². The second-order valence-electron chi connectivity index (χ2n) is 6.73. The zero-order chi connectivity index (χ0) is 17.2. The van der Waals surface area contributed by atoms with E-state index in [1.54, 1.807) is 10.9 Å². The summed E-state index contributed by atoms with van der Waals surface area (Å²) in [5, 5.41) is 11.4. The average molecular weight is 319 g/mol. The highest BCUT2D eigenvalue weighted by atomic mass is 16.6. The van der Waals surface area contributed by atoms with E-state index in [1.165, 1.54) is 0 Å². The van der Waals surface area contributed by atoms with E-state index in [2.05, 4.69) is 20.7 Å². The number of rotatable bonds is 4. The molecule has 1 amide bonds. The predicted molar refractivity (Wildman–Crippen MR) is 90.6 cm³/mol. The lowest BCUT2D eigenvalue weighted by atomic mass is 10.2. The van der Waals surface area contributed by atoms with Crippen LogP contribution in [0.15, 0.2) is 12.3 Å². The molecule has 0 bridgehead atoms. The number of nitrogens with one attached hydrogen (secondary N) is 2. The normalized spacial score (nSPS) is 13.0. The van der Waals surface area contributed by atoms with E-state index in [1.807, 2.05) is 47.7 Å². The zero-order valence-electron chi connectivity index (χ0n) is 14.6. The van der Waals surface area contributed by atoms with Crippen LogP contribution in [0.1, 0.15) is 33.4 Å². The fraction of sp³-hybridized carbons (Fsp3) is 0.562. The molecule has 0 aliphatic rings. The van der Waals surface area contributed by atoms with Crippen molar-refractivity contribution < 1.29 is 9.53 Å². The van der Waals surface area contributed by atoms with Gasteiger partial charge in [-0.15, -0.1) is 0 Å². The minimum atomic E-state index is -0.493. The molecule has 2 rings (SSSR count). The topological polar surface area (TPSA) is 81.1 Å². The van der Waals surface area contributed by atoms with Gasteiger partial charge in [0.1, 0.15) is 5.60 Å². The Morgan fingerprint density at radius 2 is 2.13 bits per heavy atom. The summed E-state index contributed by atoms with van der Waals surface area (Å²) >= 11 is 0. The highest BCUT2D eigenvalue weighted by molar-refractivity contribution is 5.81. The number of hydrogen-bond acceptors (Lipinski definition) is 5. The Kier molecular flexibility index (Phi) is 4.77. The molecular formula is C16H25N5O2. The number of ether oxygens (including phenoxy) is 1. The molecule has 0 saturated heterocycles. The molecule has 0 fully saturated rings. The van der Waals surface area contributed by atoms with Crippen LogP contribution in [0.25, 0.3) is 11.0 Å². The first-order valence-corrected chi connectivity index (χ1v) is 7.68. The van der Waals surface area contributed by atoms with Gasteiger partial charge >= 0.3 is 6.09 Å². The van der Waals surface area contributed by atoms with Gasteiger partial charge in [0.2, 0.25) is 0 Å². The monoisotopic (exact) mass is 319 g/mol. The number of fused-ring (bicyclic) bond motifs is 1. The van der Waals surface area contributed by atoms with Gasteiger partial charge in [0.05, 0.1) is 17.6 Å². The summed E-state index contributed by atoms with van der Waals surface area (Å²) in [7, 11) is 1.88. The van der Waals surface area contributed by atoms with Gasteiger partial charge in [0.15, 0.2) is 5.65 Å². The van der Waals surface area contributed by atoms with Gasteiger partial charge in [0.25, 0.3) is 0 Å². The third-order valence-corrected chi connectivity index (χ3v) is 3.23. The molecule has 1 atom stereocenters. The smallest absolute Gasteiger partial charge is 0.407 e. The standard InChI is InChI=1S/C16H25N5O2/c1-10(8-18-15(22)23-16(3,4)5)19-12-7-13-11(2)20-21(6)14(13)17-9-12/h7,9-10,19H,8H2,1-6H3,(H,18,22). The van der Waals surface area contributed by atoms with Gasteiger partial charge < -0.3 is 15.4 Å². The van der Waals surface area contributed by atoms with Crippen LogP contribution in [0.4, 0.5) is 10.5 Å². The molecule has 7 heteroatoms. The maximum atomic E-state index is 11.7. The Morgan fingerprint density at radius 3 is 2.78 bits per heavy atom. The number of alkyl carbamates (subject to hydrolysis) is 1. The molecule has 23 heavy (non-hydrogen) atoms. The maximum absolute atomic E-state index is 11.7. The highest BCUT2D eigenvalue weighted by Gasteiger charge is 2.16. The predicted octanol–water partition coefficient (Wildman–Crippen LogP) is 2.60. The van der Waals surface area contributed by atoms with Crippen molar-refractivity contribution in [2.24, 2.45) is 7.05 Å². The third-order valence-electron chi connectivity index (χ3n) is 3.23. The molecule has 7 nitrogen and oxygen atoms in total. The molecule has 2 N–H and O–H groups in total. The van der Waals surface area contributed by atoms with Gasteiger partial charge in [-0.3, -0.25) is 4.68 Å². The number of aryl methyl sites for hydroxylation is 2. The van der Waals surface area contributed by atoms with E-state index in [9.17, 15) is 4.79 Å². The first-order valence-electron chi connectivity index (χ1n) is 7.68. The number of nitrogens with zero attached hydrogens (tertiary/aromatic N) is 3. The third kappa shape index (κ3) is 4.58. The molecule has 2 heterocycles. The number of amides is 1. The Hall–Kier alpha value is -2.31. The van der Waals surface area contributed by atoms with Crippen LogP contribution in [-0.2, 0) is 11.8 Å². The number of anilines is 1. The van der Waals surface area contributed by atoms with E-state index < -0.39 is 11.7 Å². The second-order valence-corrected chi connectivity index (χ2v) is 6.73. The summed E-state index contributed by atoms with van der Waals surface area (Å²) in [6, 6.07) is 2.06. The van der Waals surface area contributed by atoms with Crippen LogP contribution >= 0.6 is 0 Å². The van der Waals surface area contributed by atoms with Crippen molar-refractivity contribution in [2.75, 3.05) is 11.9 Å². The SMILES string of the molecule is Cc1nn(C)c2ncc(NC(C)CNC(=O)OC(C)(C)C)cc12. The number of carbonyl (C=O) groups excluding carboxylic acids is 1. The Bertz CT molecular complexity index is 702. The maximum Gasteiger partial charge on any atom is 0.407 e. The van der Waals surface area contributed by atoms with Crippen molar-refractivity contribution >= 4 is 22.8 Å². The minimum absolute atomic E-state index is 0.0405. The van der Waals surface area contributed by atoms with Crippen LogP contribution in [-0.4, -0.2) is 39.0 Å². The van der Waals surface area contributed by atoms with Crippen LogP contribution < -0.4 is 10.6 Å². The molecule has 0 aliphatic heterocycles. The van der Waals surface area contributed by atoms with Gasteiger partial charge in [-0.25, -0.2) is 9.78 Å². The van der Waals surface area contributed by atoms with Crippen LogP contribution in [0, 0.1) is 6.92 Å². The highest BCUT2D eigenvalue weighted by Crippen LogP contribution is 2.19. The number of aromatic nitrogens is 3. The van der Waals surface area contributed by atoms with E-state index in [4.69, 9.17) is 4.74 Å². The molecule has 0 aliphatic carbocycles. The minimum Gasteiger partial charge on any atom is -0.444 e. The lowest BCUT2D eigenvalue weighted by Crippen LogP contribution is -2.38. The fourth-order valence-electron chi connectivity index (χ4n) is 2.27. The molecule has 126 valence electrons. The molecule has 1 unspecified atom stereocenters. The number of hydrogen-bond donors (Lipinski definition) is 2. The van der Waals surface area contributed by atoms with Crippen molar-refractivity contribution in [3.63, 3.8) is 0 Å². The van der Waals surface area contributed by atoms with Crippen LogP contribution in [0.3, 0.4) is 0 Å². The van der Waals surface area contributed by atoms with Crippen LogP contribution in [0.5, 0.6) is 0 Å². The molecular weight excluding hydrogens is 294 g/mol. The Balaban J connectivity index is 1.94. The van der Waals surface area contributed by atoms with Crippen molar-refractivity contribution in [1.29, 1.82) is 0 Å². The van der Waals surface area contributed by atoms with Gasteiger partial charge in [-0.05, 0) is 40.7 Å². The molecule has 2 aromatic heterocycles. The summed E-state index contributed by atoms with van der Waals surface area (Å²) in [5.74, 6) is 0. The summed E-state index contributed by atoms with van der Waals surface area (Å²) in [5.41, 5.74) is 2.20. The molecule has 0 saturated carbocycles. The summed E-state index contributed by atoms with van der Waals surface area (Å²) in [4.78, 5) is 16.1.